The topological polar surface area (TPSA) is 279 Å². The zero-order chi connectivity index (χ0) is 66.5. The quantitative estimate of drug-likeness (QED) is 0.157. The van der Waals surface area contributed by atoms with E-state index in [1.165, 1.54) is 87.7 Å². The van der Waals surface area contributed by atoms with Gasteiger partial charge in [0.15, 0.2) is 0 Å². The number of hydrogen-bond donors (Lipinski definition) is 5. The van der Waals surface area contributed by atoms with E-state index < -0.39 is 155 Å². The Labute approximate surface area is 514 Å². The number of allylic oxidation sites excluding steroid dienone is 2. The first-order valence-electron chi connectivity index (χ1n) is 31.1. The zero-order valence-electron chi connectivity index (χ0n) is 56.6. The molecular weight excluding hydrogens is 1100 g/mol. The maximum atomic E-state index is 15.5. The molecule has 2 aliphatic rings. The van der Waals surface area contributed by atoms with E-state index in [2.05, 4.69) is 21.3 Å². The van der Waals surface area contributed by atoms with Crippen molar-refractivity contribution >= 4 is 65.0 Å². The van der Waals surface area contributed by atoms with Gasteiger partial charge < -0.3 is 60.7 Å². The number of aliphatic hydroxyl groups is 1. The van der Waals surface area contributed by atoms with Gasteiger partial charge in [-0.05, 0) is 107 Å². The Hall–Kier alpha value is -6.13. The molecule has 0 radical (unpaired) electrons. The average molecular weight is 1210 g/mol. The van der Waals surface area contributed by atoms with Crippen molar-refractivity contribution in [1.82, 2.24) is 55.6 Å². The second kappa shape index (κ2) is 32.7. The summed E-state index contributed by atoms with van der Waals surface area (Å²) < 4.78 is 0. The van der Waals surface area contributed by atoms with E-state index in [1.54, 1.807) is 54.5 Å². The maximum absolute atomic E-state index is 15.5. The van der Waals surface area contributed by atoms with Crippen LogP contribution < -0.4 is 21.3 Å². The molecule has 0 aromatic heterocycles. The van der Waals surface area contributed by atoms with Crippen LogP contribution in [0.4, 0.5) is 0 Å². The normalized spacial score (nSPS) is 29.0. The summed E-state index contributed by atoms with van der Waals surface area (Å²) in [5.41, 5.74) is -1.48. The van der Waals surface area contributed by atoms with Crippen molar-refractivity contribution in [2.75, 3.05) is 55.9 Å². The molecule has 0 aromatic rings. The molecule has 1 aliphatic heterocycles. The number of nitrogens with zero attached hydrogens (tertiary/aromatic N) is 7. The molecule has 0 bridgehead atoms. The monoisotopic (exact) mass is 1210 g/mol. The van der Waals surface area contributed by atoms with E-state index in [-0.39, 0.29) is 61.7 Å². The maximum Gasteiger partial charge on any atom is 0.249 e. The van der Waals surface area contributed by atoms with Gasteiger partial charge >= 0.3 is 0 Å². The van der Waals surface area contributed by atoms with E-state index in [9.17, 15) is 43.5 Å². The Morgan fingerprint density at radius 2 is 1.01 bits per heavy atom. The minimum absolute atomic E-state index is 0.0247. The molecule has 2 unspecified atom stereocenters. The molecule has 1 heterocycles. The number of amides is 11. The van der Waals surface area contributed by atoms with Crippen molar-refractivity contribution in [2.45, 2.75) is 222 Å². The molecule has 2 rings (SSSR count). The van der Waals surface area contributed by atoms with Crippen LogP contribution in [-0.2, 0) is 52.7 Å². The van der Waals surface area contributed by atoms with Crippen LogP contribution >= 0.6 is 0 Å². The number of rotatable bonds is 14. The van der Waals surface area contributed by atoms with Gasteiger partial charge in [0.1, 0.15) is 59.9 Å². The van der Waals surface area contributed by atoms with Gasteiger partial charge in [0.25, 0.3) is 0 Å². The van der Waals surface area contributed by atoms with Gasteiger partial charge in [-0.25, -0.2) is 0 Å². The smallest absolute Gasteiger partial charge is 0.249 e. The largest absolute Gasteiger partial charge is 0.390 e. The van der Waals surface area contributed by atoms with Crippen LogP contribution in [0.15, 0.2) is 12.2 Å². The molecule has 0 aromatic carbocycles. The van der Waals surface area contributed by atoms with Crippen molar-refractivity contribution in [3.8, 4) is 0 Å². The Kier molecular flexibility index (Phi) is 28.9. The summed E-state index contributed by atoms with van der Waals surface area (Å²) in [5, 5.41) is 23.2. The summed E-state index contributed by atoms with van der Waals surface area (Å²) in [6.07, 6.45) is 3.16. The number of hydrogen-bond acceptors (Lipinski definition) is 12. The summed E-state index contributed by atoms with van der Waals surface area (Å²) >= 11 is 0. The molecule has 13 atom stereocenters. The van der Waals surface area contributed by atoms with Crippen molar-refractivity contribution in [3.63, 3.8) is 0 Å². The first-order chi connectivity index (χ1) is 39.7. The highest BCUT2D eigenvalue weighted by Gasteiger charge is 2.67. The number of carbonyl (C=O) groups excluding carboxylic acids is 11. The first kappa shape index (κ1) is 76.0. The molecule has 490 valence electrons. The first-order valence-corrected chi connectivity index (χ1v) is 31.1. The fourth-order valence-corrected chi connectivity index (χ4v) is 11.7. The van der Waals surface area contributed by atoms with Crippen LogP contribution in [0.3, 0.4) is 0 Å². The second-order valence-corrected chi connectivity index (χ2v) is 26.8. The molecule has 23 heteroatoms. The second-order valence-electron chi connectivity index (χ2n) is 26.8. The SMILES string of the molecule is C/C=C/C[C@@H](C)[C@@H](O)[C@H]1C(=O)N[C@@H](CC)C(=O)N(C)CC(=O)N(C)[C@@H](CC(C)C)C(=O)N[C@@H](C(C)C)C(=O)N(C)[C@@H](CC(C)C)C(=O)N[C@@H](C)C(=O)N[C@H](C)C(=O)N(C)[C@@H](CC(C)C)C(=O)N(C)C2(CC2C(C)C)C(=O)N(C)[C@@H](C(C)C)C(=O)N1C. The standard InChI is InChI=1S/C63H111N11O12/c1-25-27-28-40(15)52(76)51-56(80)66-44(26-2)58(82)68(18)33-48(75)69(19)45(29-34(3)4)55(79)67-49(38(11)12)60(84)70(20)46(30-35(5)6)54(78)64-41(16)53(77)65-42(17)57(81)71(21)47(31-36(7)8)59(83)74(24)63(32-43(63)37(9)10)62(86)73(23)50(39(13)14)61(85)72(51)22/h25,27,34-47,49-52,76H,26,28-33H2,1-24H3,(H,64,78)(H,65,77)(H,66,80)(H,67,79)/b27-25+/t40-,41+,42-,43?,44+,45+,46+,47+,49+,50+,51+,52-,63?/m1/s1. The fraction of sp³-hybridized carbons (Fsp3) is 0.794. The number of likely N-dealkylation sites (N-methyl/N-ethyl adjacent to an activating group) is 7. The molecule has 1 saturated heterocycles. The number of aliphatic hydroxyl groups excluding tert-OH is 1. The Bertz CT molecular complexity index is 2430. The van der Waals surface area contributed by atoms with Crippen LogP contribution in [-0.4, -0.2) is 226 Å². The number of carbonyl (C=O) groups is 11. The van der Waals surface area contributed by atoms with Gasteiger partial charge in [0, 0.05) is 49.3 Å². The lowest BCUT2D eigenvalue weighted by atomic mass is 9.91. The van der Waals surface area contributed by atoms with E-state index in [4.69, 9.17) is 0 Å². The van der Waals surface area contributed by atoms with Crippen LogP contribution in [0.5, 0.6) is 0 Å². The van der Waals surface area contributed by atoms with Gasteiger partial charge in [-0.3, -0.25) is 52.7 Å². The summed E-state index contributed by atoms with van der Waals surface area (Å²) in [6, 6.07) is -11.1. The molecule has 1 saturated carbocycles. The third-order valence-electron chi connectivity index (χ3n) is 17.3. The molecule has 1 aliphatic carbocycles. The average Bonchev–Trinajstić information content (AvgIpc) is 1.56. The minimum Gasteiger partial charge on any atom is -0.390 e. The van der Waals surface area contributed by atoms with E-state index in [0.717, 1.165) is 9.80 Å². The predicted molar refractivity (Wildman–Crippen MR) is 331 cm³/mol. The molecule has 23 nitrogen and oxygen atoms in total. The van der Waals surface area contributed by atoms with Crippen LogP contribution in [0, 0.1) is 47.3 Å². The molecular formula is C63H111N11O12. The lowest BCUT2D eigenvalue weighted by molar-refractivity contribution is -0.159. The highest BCUT2D eigenvalue weighted by molar-refractivity contribution is 6.01. The van der Waals surface area contributed by atoms with Gasteiger partial charge in [0.05, 0.1) is 12.6 Å². The summed E-state index contributed by atoms with van der Waals surface area (Å²) in [5.74, 6) is -9.92. The van der Waals surface area contributed by atoms with Crippen molar-refractivity contribution < 1.29 is 57.8 Å². The Balaban J connectivity index is 2.99. The molecule has 11 amide bonds. The lowest BCUT2D eigenvalue weighted by Crippen LogP contribution is -2.64. The molecule has 5 N–H and O–H groups in total. The van der Waals surface area contributed by atoms with E-state index >= 15 is 14.4 Å². The molecule has 2 fully saturated rings. The Morgan fingerprint density at radius 1 is 0.523 bits per heavy atom. The van der Waals surface area contributed by atoms with Crippen molar-refractivity contribution in [3.05, 3.63) is 12.2 Å². The van der Waals surface area contributed by atoms with E-state index in [0.29, 0.717) is 6.42 Å². The predicted octanol–water partition coefficient (Wildman–Crippen LogP) is 3.27. The molecule has 86 heavy (non-hydrogen) atoms. The lowest BCUT2D eigenvalue weighted by Gasteiger charge is -2.42. The summed E-state index contributed by atoms with van der Waals surface area (Å²) in [6.45, 7) is 29.5. The van der Waals surface area contributed by atoms with Crippen LogP contribution in [0.2, 0.25) is 0 Å². The fourth-order valence-electron chi connectivity index (χ4n) is 11.7. The van der Waals surface area contributed by atoms with Gasteiger partial charge in [-0.2, -0.15) is 0 Å². The van der Waals surface area contributed by atoms with Crippen molar-refractivity contribution in [2.24, 2.45) is 47.3 Å². The zero-order valence-corrected chi connectivity index (χ0v) is 56.6. The van der Waals surface area contributed by atoms with Crippen molar-refractivity contribution in [1.29, 1.82) is 0 Å². The highest BCUT2D eigenvalue weighted by atomic mass is 16.3. The highest BCUT2D eigenvalue weighted by Crippen LogP contribution is 2.54. The Morgan fingerprint density at radius 3 is 1.48 bits per heavy atom. The summed E-state index contributed by atoms with van der Waals surface area (Å²) in [4.78, 5) is 170. The van der Waals surface area contributed by atoms with Gasteiger partial charge in [-0.15, -0.1) is 0 Å². The molecule has 1 spiro atoms. The van der Waals surface area contributed by atoms with Gasteiger partial charge in [0.2, 0.25) is 65.0 Å². The summed E-state index contributed by atoms with van der Waals surface area (Å²) in [7, 11) is 10.0. The van der Waals surface area contributed by atoms with Gasteiger partial charge in [-0.1, -0.05) is 109 Å². The number of nitrogens with one attached hydrogen (secondary N) is 4. The third kappa shape index (κ3) is 18.7. The third-order valence-corrected chi connectivity index (χ3v) is 17.3. The van der Waals surface area contributed by atoms with Crippen LogP contribution in [0.25, 0.3) is 0 Å². The van der Waals surface area contributed by atoms with Crippen LogP contribution in [0.1, 0.15) is 156 Å². The minimum atomic E-state index is -1.61. The van der Waals surface area contributed by atoms with E-state index in [1.807, 2.05) is 61.5 Å².